The van der Waals surface area contributed by atoms with Gasteiger partial charge in [-0.1, -0.05) is 27.5 Å². The van der Waals surface area contributed by atoms with Crippen LogP contribution in [0.25, 0.3) is 0 Å². The summed E-state index contributed by atoms with van der Waals surface area (Å²) in [6.07, 6.45) is 2.44. The van der Waals surface area contributed by atoms with Crippen molar-refractivity contribution >= 4 is 33.4 Å². The van der Waals surface area contributed by atoms with Crippen molar-refractivity contribution < 1.29 is 9.90 Å². The maximum Gasteiger partial charge on any atom is 0.252 e. The first-order valence-corrected chi connectivity index (χ1v) is 6.78. The smallest absolute Gasteiger partial charge is 0.252 e. The highest BCUT2D eigenvalue weighted by Crippen LogP contribution is 2.36. The van der Waals surface area contributed by atoms with E-state index in [0.29, 0.717) is 27.9 Å². The van der Waals surface area contributed by atoms with Crippen LogP contribution in [0.2, 0.25) is 5.02 Å². The minimum atomic E-state index is -0.254. The van der Waals surface area contributed by atoms with Crippen molar-refractivity contribution in [3.63, 3.8) is 0 Å². The zero-order chi connectivity index (χ0) is 12.4. The first kappa shape index (κ1) is 12.7. The van der Waals surface area contributed by atoms with Gasteiger partial charge < -0.3 is 10.4 Å². The fourth-order valence-electron chi connectivity index (χ4n) is 1.60. The molecule has 1 atom stereocenters. The summed E-state index contributed by atoms with van der Waals surface area (Å²) < 4.78 is 0. The van der Waals surface area contributed by atoms with E-state index in [1.807, 2.05) is 0 Å². The predicted octanol–water partition coefficient (Wildman–Crippen LogP) is 2.95. The lowest BCUT2D eigenvalue weighted by Gasteiger charge is -2.11. The Morgan fingerprint density at radius 2 is 2.29 bits per heavy atom. The lowest BCUT2D eigenvalue weighted by atomic mass is 10.2. The molecule has 0 bridgehead atoms. The molecule has 3 nitrogen and oxygen atoms in total. The normalized spacial score (nSPS) is 16.6. The van der Waals surface area contributed by atoms with Crippen LogP contribution in [0.5, 0.6) is 5.75 Å². The van der Waals surface area contributed by atoms with Crippen LogP contribution >= 0.6 is 27.5 Å². The molecule has 1 fully saturated rings. The third kappa shape index (κ3) is 3.36. The number of nitrogens with one attached hydrogen (secondary N) is 1. The van der Waals surface area contributed by atoms with Gasteiger partial charge in [0.1, 0.15) is 5.75 Å². The predicted molar refractivity (Wildman–Crippen MR) is 70.9 cm³/mol. The summed E-state index contributed by atoms with van der Waals surface area (Å²) in [5, 5.41) is 12.5. The van der Waals surface area contributed by atoms with Crippen LogP contribution in [0.3, 0.4) is 0 Å². The first-order chi connectivity index (χ1) is 8.08. The summed E-state index contributed by atoms with van der Waals surface area (Å²) in [4.78, 5) is 12.2. The van der Waals surface area contributed by atoms with Crippen molar-refractivity contribution in [2.45, 2.75) is 17.7 Å². The molecule has 2 rings (SSSR count). The van der Waals surface area contributed by atoms with Crippen LogP contribution in [0.15, 0.2) is 18.2 Å². The molecule has 1 amide bonds. The summed E-state index contributed by atoms with van der Waals surface area (Å²) in [6, 6.07) is 4.34. The molecular weight excluding hydrogens is 305 g/mol. The molecule has 1 unspecified atom stereocenters. The maximum absolute atomic E-state index is 11.8. The van der Waals surface area contributed by atoms with Crippen molar-refractivity contribution in [3.05, 3.63) is 28.8 Å². The molecule has 92 valence electrons. The summed E-state index contributed by atoms with van der Waals surface area (Å²) in [7, 11) is 0. The standard InChI is InChI=1S/C12H13BrClNO2/c13-10(7-1-2-7)6-15-12(17)9-5-8(16)3-4-11(9)14/h3-5,7,10,16H,1-2,6H2,(H,15,17). The van der Waals surface area contributed by atoms with Gasteiger partial charge in [0, 0.05) is 11.4 Å². The van der Waals surface area contributed by atoms with E-state index in [1.54, 1.807) is 0 Å². The topological polar surface area (TPSA) is 49.3 Å². The van der Waals surface area contributed by atoms with E-state index < -0.39 is 0 Å². The molecule has 0 saturated heterocycles. The van der Waals surface area contributed by atoms with Gasteiger partial charge >= 0.3 is 0 Å². The second-order valence-electron chi connectivity index (χ2n) is 4.23. The Morgan fingerprint density at radius 1 is 1.59 bits per heavy atom. The Hall–Kier alpha value is -0.740. The summed E-state index contributed by atoms with van der Waals surface area (Å²) in [5.74, 6) is 0.461. The van der Waals surface area contributed by atoms with Gasteiger partial charge in [0.25, 0.3) is 5.91 Å². The largest absolute Gasteiger partial charge is 0.508 e. The van der Waals surface area contributed by atoms with Gasteiger partial charge in [-0.15, -0.1) is 0 Å². The first-order valence-electron chi connectivity index (χ1n) is 5.48. The molecule has 1 saturated carbocycles. The van der Waals surface area contributed by atoms with Crippen molar-refractivity contribution in [1.29, 1.82) is 0 Å². The number of aromatic hydroxyl groups is 1. The third-order valence-corrected chi connectivity index (χ3v) is 4.19. The van der Waals surface area contributed by atoms with Gasteiger partial charge in [-0.3, -0.25) is 4.79 Å². The number of rotatable bonds is 4. The van der Waals surface area contributed by atoms with Gasteiger partial charge in [-0.05, 0) is 37.0 Å². The third-order valence-electron chi connectivity index (χ3n) is 2.79. The molecular formula is C12H13BrClNO2. The van der Waals surface area contributed by atoms with Gasteiger partial charge in [0.05, 0.1) is 10.6 Å². The number of alkyl halides is 1. The number of hydrogen-bond acceptors (Lipinski definition) is 2. The average molecular weight is 319 g/mol. The molecule has 17 heavy (non-hydrogen) atoms. The van der Waals surface area contributed by atoms with Gasteiger partial charge in [-0.2, -0.15) is 0 Å². The fraction of sp³-hybridized carbons (Fsp3) is 0.417. The van der Waals surface area contributed by atoms with Crippen LogP contribution < -0.4 is 5.32 Å². The number of phenols is 1. The number of carbonyl (C=O) groups is 1. The van der Waals surface area contributed by atoms with E-state index in [-0.39, 0.29) is 11.7 Å². The van der Waals surface area contributed by atoms with Crippen molar-refractivity contribution in [2.24, 2.45) is 5.92 Å². The van der Waals surface area contributed by atoms with Gasteiger partial charge in [0.15, 0.2) is 0 Å². The molecule has 1 aliphatic rings. The van der Waals surface area contributed by atoms with E-state index >= 15 is 0 Å². The molecule has 0 aromatic heterocycles. The Bertz CT molecular complexity index is 435. The molecule has 0 heterocycles. The number of hydrogen-bond donors (Lipinski definition) is 2. The van der Waals surface area contributed by atoms with Crippen molar-refractivity contribution in [2.75, 3.05) is 6.54 Å². The minimum Gasteiger partial charge on any atom is -0.508 e. The monoisotopic (exact) mass is 317 g/mol. The molecule has 5 heteroatoms. The zero-order valence-electron chi connectivity index (χ0n) is 9.12. The van der Waals surface area contributed by atoms with Crippen LogP contribution in [-0.4, -0.2) is 22.4 Å². The number of phenolic OH excluding ortho intramolecular Hbond substituents is 1. The minimum absolute atomic E-state index is 0.0390. The number of amides is 1. The van der Waals surface area contributed by atoms with Crippen LogP contribution in [0.1, 0.15) is 23.2 Å². The van der Waals surface area contributed by atoms with Crippen LogP contribution in [0, 0.1) is 5.92 Å². The number of benzene rings is 1. The number of halogens is 2. The number of carbonyl (C=O) groups excluding carboxylic acids is 1. The Balaban J connectivity index is 1.96. The Morgan fingerprint density at radius 3 is 2.94 bits per heavy atom. The SMILES string of the molecule is O=C(NCC(Br)C1CC1)c1cc(O)ccc1Cl. The summed E-state index contributed by atoms with van der Waals surface area (Å²) >= 11 is 9.44. The highest BCUT2D eigenvalue weighted by Gasteiger charge is 2.29. The summed E-state index contributed by atoms with van der Waals surface area (Å²) in [6.45, 7) is 0.579. The van der Waals surface area contributed by atoms with E-state index in [0.717, 1.165) is 0 Å². The molecule has 1 aliphatic carbocycles. The van der Waals surface area contributed by atoms with E-state index in [9.17, 15) is 9.90 Å². The summed E-state index contributed by atoms with van der Waals surface area (Å²) in [5.41, 5.74) is 0.308. The van der Waals surface area contributed by atoms with E-state index in [2.05, 4.69) is 21.2 Å². The van der Waals surface area contributed by atoms with Crippen molar-refractivity contribution in [1.82, 2.24) is 5.32 Å². The van der Waals surface area contributed by atoms with E-state index in [1.165, 1.54) is 31.0 Å². The molecule has 0 radical (unpaired) electrons. The molecule has 1 aromatic rings. The molecule has 0 aliphatic heterocycles. The fourth-order valence-corrected chi connectivity index (χ4v) is 2.49. The molecule has 0 spiro atoms. The van der Waals surface area contributed by atoms with E-state index in [4.69, 9.17) is 11.6 Å². The van der Waals surface area contributed by atoms with Crippen LogP contribution in [-0.2, 0) is 0 Å². The lowest BCUT2D eigenvalue weighted by Crippen LogP contribution is -2.30. The highest BCUT2D eigenvalue weighted by molar-refractivity contribution is 9.09. The second-order valence-corrected chi connectivity index (χ2v) is 5.81. The maximum atomic E-state index is 11.8. The molecule has 1 aromatic carbocycles. The Labute approximate surface area is 113 Å². The Kier molecular flexibility index (Phi) is 3.94. The highest BCUT2D eigenvalue weighted by atomic mass is 79.9. The quantitative estimate of drug-likeness (QED) is 0.839. The van der Waals surface area contributed by atoms with Gasteiger partial charge in [0.2, 0.25) is 0 Å². The van der Waals surface area contributed by atoms with Crippen molar-refractivity contribution in [3.8, 4) is 5.75 Å². The molecule has 2 N–H and O–H groups in total. The second kappa shape index (κ2) is 5.27. The van der Waals surface area contributed by atoms with Gasteiger partial charge in [-0.25, -0.2) is 0 Å². The lowest BCUT2D eigenvalue weighted by molar-refractivity contribution is 0.0953. The average Bonchev–Trinajstić information content (AvgIpc) is 3.12. The van der Waals surface area contributed by atoms with Crippen LogP contribution in [0.4, 0.5) is 0 Å². The zero-order valence-corrected chi connectivity index (χ0v) is 11.5.